The second-order valence-corrected chi connectivity index (χ2v) is 5.07. The van der Waals surface area contributed by atoms with Crippen molar-refractivity contribution in [3.63, 3.8) is 0 Å². The maximum Gasteiger partial charge on any atom is 0.254 e. The summed E-state index contributed by atoms with van der Waals surface area (Å²) in [7, 11) is 1.80. The van der Waals surface area contributed by atoms with Gasteiger partial charge in [0.15, 0.2) is 0 Å². The van der Waals surface area contributed by atoms with E-state index in [-0.39, 0.29) is 24.4 Å². The van der Waals surface area contributed by atoms with Gasteiger partial charge in [0.2, 0.25) is 0 Å². The molecule has 1 aromatic heterocycles. The van der Waals surface area contributed by atoms with E-state index in [2.05, 4.69) is 33.9 Å². The van der Waals surface area contributed by atoms with Crippen molar-refractivity contribution in [3.8, 4) is 0 Å². The average molecular weight is 307 g/mol. The Morgan fingerprint density at radius 1 is 1.48 bits per heavy atom. The van der Waals surface area contributed by atoms with Gasteiger partial charge in [-0.1, -0.05) is 24.3 Å². The highest BCUT2D eigenvalue weighted by molar-refractivity contribution is 5.93. The van der Waals surface area contributed by atoms with Crippen molar-refractivity contribution in [2.24, 2.45) is 7.05 Å². The van der Waals surface area contributed by atoms with Gasteiger partial charge in [0.05, 0.1) is 11.8 Å². The fraction of sp³-hybridized carbons (Fsp3) is 0.333. The van der Waals surface area contributed by atoms with Crippen LogP contribution in [0.5, 0.6) is 0 Å². The highest BCUT2D eigenvalue weighted by Crippen LogP contribution is 2.21. The van der Waals surface area contributed by atoms with E-state index >= 15 is 0 Å². The molecule has 2 aromatic rings. The molecule has 1 amide bonds. The maximum absolute atomic E-state index is 12.0. The largest absolute Gasteiger partial charge is 0.350 e. The fourth-order valence-corrected chi connectivity index (χ4v) is 2.61. The molecule has 1 unspecified atom stereocenters. The monoisotopic (exact) mass is 306 g/mol. The Bertz CT molecular complexity index is 626. The lowest BCUT2D eigenvalue weighted by Gasteiger charge is -2.27. The van der Waals surface area contributed by atoms with Crippen LogP contribution in [0.2, 0.25) is 0 Å². The summed E-state index contributed by atoms with van der Waals surface area (Å²) in [6.07, 6.45) is 4.35. The molecule has 0 spiro atoms. The third kappa shape index (κ3) is 3.43. The Hall–Kier alpha value is -1.85. The zero-order valence-electron chi connectivity index (χ0n) is 11.9. The molecule has 0 bridgehead atoms. The molecule has 0 saturated carbocycles. The number of aryl methyl sites for hydroxylation is 1. The van der Waals surface area contributed by atoms with Crippen LogP contribution in [0.3, 0.4) is 0 Å². The molecule has 0 saturated heterocycles. The molecule has 112 valence electrons. The van der Waals surface area contributed by atoms with Gasteiger partial charge in [0.1, 0.15) is 0 Å². The van der Waals surface area contributed by atoms with Crippen LogP contribution < -0.4 is 10.6 Å². The Balaban J connectivity index is 0.00000161. The number of hydrogen-bond acceptors (Lipinski definition) is 3. The number of benzene rings is 1. The predicted octanol–water partition coefficient (Wildman–Crippen LogP) is 1.46. The van der Waals surface area contributed by atoms with Crippen LogP contribution in [0, 0.1) is 0 Å². The Labute approximate surface area is 130 Å². The van der Waals surface area contributed by atoms with Crippen molar-refractivity contribution < 1.29 is 4.79 Å². The first-order valence-corrected chi connectivity index (χ1v) is 6.82. The number of rotatable bonds is 3. The van der Waals surface area contributed by atoms with Crippen LogP contribution in [-0.4, -0.2) is 28.8 Å². The molecular weight excluding hydrogens is 288 g/mol. The number of carbonyl (C=O) groups excluding carboxylic acids is 1. The Kier molecular flexibility index (Phi) is 4.98. The van der Waals surface area contributed by atoms with E-state index in [1.807, 2.05) is 6.07 Å². The molecule has 1 aliphatic heterocycles. The molecule has 0 fully saturated rings. The van der Waals surface area contributed by atoms with Gasteiger partial charge in [0, 0.05) is 25.8 Å². The van der Waals surface area contributed by atoms with Crippen LogP contribution in [-0.2, 0) is 13.5 Å². The van der Waals surface area contributed by atoms with E-state index in [0.29, 0.717) is 12.1 Å². The summed E-state index contributed by atoms with van der Waals surface area (Å²) in [6, 6.07) is 8.58. The number of halogens is 1. The molecule has 1 aliphatic rings. The summed E-state index contributed by atoms with van der Waals surface area (Å²) in [4.78, 5) is 12.0. The van der Waals surface area contributed by atoms with Gasteiger partial charge in [-0.15, -0.1) is 12.4 Å². The van der Waals surface area contributed by atoms with Crippen LogP contribution >= 0.6 is 12.4 Å². The minimum Gasteiger partial charge on any atom is -0.350 e. The van der Waals surface area contributed by atoms with Gasteiger partial charge in [-0.3, -0.25) is 9.48 Å². The van der Waals surface area contributed by atoms with E-state index in [1.165, 1.54) is 11.1 Å². The van der Waals surface area contributed by atoms with Crippen LogP contribution in [0.15, 0.2) is 36.7 Å². The number of fused-ring (bicyclic) bond motifs is 1. The van der Waals surface area contributed by atoms with Gasteiger partial charge >= 0.3 is 0 Å². The normalized spacial score (nSPS) is 16.7. The molecule has 3 rings (SSSR count). The SMILES string of the molecule is Cl.Cn1cc(C(=O)NCC2NCCc3ccccc32)cn1. The van der Waals surface area contributed by atoms with E-state index in [9.17, 15) is 4.79 Å². The van der Waals surface area contributed by atoms with Crippen molar-refractivity contribution in [1.29, 1.82) is 0 Å². The number of aromatic nitrogens is 2. The minimum atomic E-state index is -0.0806. The second-order valence-electron chi connectivity index (χ2n) is 5.07. The summed E-state index contributed by atoms with van der Waals surface area (Å²) >= 11 is 0. The van der Waals surface area contributed by atoms with Gasteiger partial charge in [-0.2, -0.15) is 5.10 Å². The average Bonchev–Trinajstić information content (AvgIpc) is 2.91. The number of carbonyl (C=O) groups is 1. The Morgan fingerprint density at radius 2 is 2.29 bits per heavy atom. The third-order valence-electron chi connectivity index (χ3n) is 3.65. The lowest BCUT2D eigenvalue weighted by atomic mass is 9.94. The smallest absolute Gasteiger partial charge is 0.254 e. The summed E-state index contributed by atoms with van der Waals surface area (Å²) in [5.74, 6) is -0.0806. The van der Waals surface area contributed by atoms with Crippen molar-refractivity contribution >= 4 is 18.3 Å². The molecule has 2 N–H and O–H groups in total. The van der Waals surface area contributed by atoms with Crippen molar-refractivity contribution in [3.05, 3.63) is 53.3 Å². The lowest BCUT2D eigenvalue weighted by molar-refractivity contribution is 0.0949. The topological polar surface area (TPSA) is 59.0 Å². The number of hydrogen-bond donors (Lipinski definition) is 2. The summed E-state index contributed by atoms with van der Waals surface area (Å²) in [6.45, 7) is 1.54. The molecule has 6 heteroatoms. The third-order valence-corrected chi connectivity index (χ3v) is 3.65. The molecular formula is C15H19ClN4O. The molecule has 21 heavy (non-hydrogen) atoms. The van der Waals surface area contributed by atoms with Crippen molar-refractivity contribution in [2.75, 3.05) is 13.1 Å². The van der Waals surface area contributed by atoms with Crippen LogP contribution in [0.25, 0.3) is 0 Å². The van der Waals surface area contributed by atoms with E-state index in [0.717, 1.165) is 13.0 Å². The zero-order valence-corrected chi connectivity index (χ0v) is 12.7. The predicted molar refractivity (Wildman–Crippen MR) is 83.7 cm³/mol. The van der Waals surface area contributed by atoms with Gasteiger partial charge in [-0.05, 0) is 24.1 Å². The Morgan fingerprint density at radius 3 is 3.05 bits per heavy atom. The van der Waals surface area contributed by atoms with Gasteiger partial charge in [-0.25, -0.2) is 0 Å². The number of nitrogens with one attached hydrogen (secondary N) is 2. The number of amides is 1. The second kappa shape index (κ2) is 6.74. The molecule has 1 atom stereocenters. The first kappa shape index (κ1) is 15.5. The molecule has 0 aliphatic carbocycles. The molecule has 5 nitrogen and oxygen atoms in total. The van der Waals surface area contributed by atoms with E-state index < -0.39 is 0 Å². The summed E-state index contributed by atoms with van der Waals surface area (Å²) in [5.41, 5.74) is 3.24. The highest BCUT2D eigenvalue weighted by Gasteiger charge is 2.19. The molecule has 1 aromatic carbocycles. The van der Waals surface area contributed by atoms with Crippen LogP contribution in [0.4, 0.5) is 0 Å². The standard InChI is InChI=1S/C15H18N4O.ClH/c1-19-10-12(8-18-19)15(20)17-9-14-13-5-3-2-4-11(13)6-7-16-14;/h2-5,8,10,14,16H,6-7,9H2,1H3,(H,17,20);1H. The fourth-order valence-electron chi connectivity index (χ4n) is 2.61. The first-order chi connectivity index (χ1) is 9.74. The zero-order chi connectivity index (χ0) is 13.9. The van der Waals surface area contributed by atoms with E-state index in [4.69, 9.17) is 0 Å². The van der Waals surface area contributed by atoms with Gasteiger partial charge < -0.3 is 10.6 Å². The summed E-state index contributed by atoms with van der Waals surface area (Å²) in [5, 5.41) is 10.4. The highest BCUT2D eigenvalue weighted by atomic mass is 35.5. The minimum absolute atomic E-state index is 0. The van der Waals surface area contributed by atoms with Crippen LogP contribution in [0.1, 0.15) is 27.5 Å². The van der Waals surface area contributed by atoms with Crippen molar-refractivity contribution in [2.45, 2.75) is 12.5 Å². The number of nitrogens with zero attached hydrogens (tertiary/aromatic N) is 2. The lowest BCUT2D eigenvalue weighted by Crippen LogP contribution is -2.38. The first-order valence-electron chi connectivity index (χ1n) is 6.82. The molecule has 2 heterocycles. The molecule has 0 radical (unpaired) electrons. The summed E-state index contributed by atoms with van der Waals surface area (Å²) < 4.78 is 1.63. The quantitative estimate of drug-likeness (QED) is 0.902. The van der Waals surface area contributed by atoms with Crippen molar-refractivity contribution in [1.82, 2.24) is 20.4 Å². The van der Waals surface area contributed by atoms with Gasteiger partial charge in [0.25, 0.3) is 5.91 Å². The maximum atomic E-state index is 12.0. The van der Waals surface area contributed by atoms with E-state index in [1.54, 1.807) is 24.1 Å².